The molecule has 23 heavy (non-hydrogen) atoms. The molecule has 120 valence electrons. The second kappa shape index (κ2) is 6.69. The molecule has 5 heteroatoms. The highest BCUT2D eigenvalue weighted by Gasteiger charge is 2.19. The molecule has 0 spiro atoms. The van der Waals surface area contributed by atoms with Crippen LogP contribution < -0.4 is 10.1 Å². The Kier molecular flexibility index (Phi) is 4.46. The zero-order chi connectivity index (χ0) is 16.2. The highest BCUT2D eigenvalue weighted by Crippen LogP contribution is 2.25. The van der Waals surface area contributed by atoms with Gasteiger partial charge in [-0.15, -0.1) is 0 Å². The number of nitrogens with one attached hydrogen (secondary N) is 1. The van der Waals surface area contributed by atoms with E-state index in [1.54, 1.807) is 11.0 Å². The maximum absolute atomic E-state index is 12.4. The van der Waals surface area contributed by atoms with Gasteiger partial charge in [0, 0.05) is 13.1 Å². The van der Waals surface area contributed by atoms with Gasteiger partial charge in [0.1, 0.15) is 5.75 Å². The van der Waals surface area contributed by atoms with Gasteiger partial charge in [0.25, 0.3) is 5.91 Å². The van der Waals surface area contributed by atoms with Crippen molar-refractivity contribution >= 4 is 22.6 Å². The van der Waals surface area contributed by atoms with Gasteiger partial charge in [0.05, 0.1) is 19.2 Å². The third kappa shape index (κ3) is 3.28. The van der Waals surface area contributed by atoms with E-state index < -0.39 is 0 Å². The number of amides is 2. The molecule has 0 unspecified atom stereocenters. The van der Waals surface area contributed by atoms with E-state index in [9.17, 15) is 9.59 Å². The minimum absolute atomic E-state index is 0.0226. The second-order valence-corrected chi connectivity index (χ2v) is 5.67. The molecule has 0 aromatic heterocycles. The predicted octanol–water partition coefficient (Wildman–Crippen LogP) is 2.20. The number of methoxy groups -OCH3 is 1. The van der Waals surface area contributed by atoms with Crippen LogP contribution in [0.4, 0.5) is 0 Å². The summed E-state index contributed by atoms with van der Waals surface area (Å²) < 4.78 is 5.33. The third-order valence-corrected chi connectivity index (χ3v) is 4.17. The van der Waals surface area contributed by atoms with Crippen molar-refractivity contribution < 1.29 is 14.3 Å². The van der Waals surface area contributed by atoms with Crippen molar-refractivity contribution in [3.05, 3.63) is 42.0 Å². The standard InChI is InChI=1S/C18H20N2O3/c1-23-16-11-14-7-3-2-6-13(14)10-15(16)18(22)19-12-17(21)20-8-4-5-9-20/h2-3,6-7,10-11H,4-5,8-9,12H2,1H3,(H,19,22). The molecular formula is C18H20N2O3. The third-order valence-electron chi connectivity index (χ3n) is 4.17. The summed E-state index contributed by atoms with van der Waals surface area (Å²) in [6, 6.07) is 11.4. The van der Waals surface area contributed by atoms with Crippen LogP contribution in [0.2, 0.25) is 0 Å². The molecule has 0 radical (unpaired) electrons. The van der Waals surface area contributed by atoms with Crippen molar-refractivity contribution in [1.82, 2.24) is 10.2 Å². The van der Waals surface area contributed by atoms with Crippen molar-refractivity contribution in [1.29, 1.82) is 0 Å². The summed E-state index contributed by atoms with van der Waals surface area (Å²) >= 11 is 0. The average molecular weight is 312 g/mol. The van der Waals surface area contributed by atoms with Crippen LogP contribution in [-0.4, -0.2) is 43.5 Å². The molecule has 3 rings (SSSR count). The average Bonchev–Trinajstić information content (AvgIpc) is 3.12. The second-order valence-electron chi connectivity index (χ2n) is 5.67. The van der Waals surface area contributed by atoms with E-state index in [1.165, 1.54) is 7.11 Å². The lowest BCUT2D eigenvalue weighted by molar-refractivity contribution is -0.129. The fourth-order valence-electron chi connectivity index (χ4n) is 2.90. The molecule has 2 aromatic carbocycles. The Morgan fingerprint density at radius 2 is 1.78 bits per heavy atom. The van der Waals surface area contributed by atoms with E-state index in [0.29, 0.717) is 11.3 Å². The Morgan fingerprint density at radius 1 is 1.13 bits per heavy atom. The van der Waals surface area contributed by atoms with Crippen molar-refractivity contribution in [3.8, 4) is 5.75 Å². The topological polar surface area (TPSA) is 58.6 Å². The summed E-state index contributed by atoms with van der Waals surface area (Å²) in [7, 11) is 1.54. The first-order valence-electron chi connectivity index (χ1n) is 7.82. The first-order valence-corrected chi connectivity index (χ1v) is 7.82. The minimum Gasteiger partial charge on any atom is -0.496 e. The van der Waals surface area contributed by atoms with E-state index in [1.807, 2.05) is 30.3 Å². The predicted molar refractivity (Wildman–Crippen MR) is 88.6 cm³/mol. The molecule has 1 fully saturated rings. The summed E-state index contributed by atoms with van der Waals surface area (Å²) in [4.78, 5) is 26.2. The van der Waals surface area contributed by atoms with E-state index in [-0.39, 0.29) is 18.4 Å². The molecule has 1 N–H and O–H groups in total. The molecule has 2 amide bonds. The molecule has 5 nitrogen and oxygen atoms in total. The molecule has 0 atom stereocenters. The summed E-state index contributed by atoms with van der Waals surface area (Å²) in [5.41, 5.74) is 0.445. The lowest BCUT2D eigenvalue weighted by Gasteiger charge is -2.16. The molecule has 1 saturated heterocycles. The number of hydrogen-bond acceptors (Lipinski definition) is 3. The number of ether oxygens (including phenoxy) is 1. The Hall–Kier alpha value is -2.56. The maximum Gasteiger partial charge on any atom is 0.255 e. The summed E-state index contributed by atoms with van der Waals surface area (Å²) in [5, 5.41) is 4.68. The van der Waals surface area contributed by atoms with Crippen LogP contribution in [0.5, 0.6) is 5.75 Å². The molecule has 0 aliphatic carbocycles. The largest absolute Gasteiger partial charge is 0.496 e. The molecule has 1 aliphatic rings. The number of likely N-dealkylation sites (tertiary alicyclic amines) is 1. The smallest absolute Gasteiger partial charge is 0.255 e. The number of nitrogens with zero attached hydrogens (tertiary/aromatic N) is 1. The van der Waals surface area contributed by atoms with Crippen LogP contribution in [0.1, 0.15) is 23.2 Å². The Balaban J connectivity index is 1.75. The Bertz CT molecular complexity index is 736. The lowest BCUT2D eigenvalue weighted by atomic mass is 10.1. The SMILES string of the molecule is COc1cc2ccccc2cc1C(=O)NCC(=O)N1CCCC1. The van der Waals surface area contributed by atoms with Crippen molar-refractivity contribution in [2.24, 2.45) is 0 Å². The van der Waals surface area contributed by atoms with Crippen LogP contribution in [0.25, 0.3) is 10.8 Å². The Morgan fingerprint density at radius 3 is 2.43 bits per heavy atom. The van der Waals surface area contributed by atoms with Crippen LogP contribution in [0.15, 0.2) is 36.4 Å². The highest BCUT2D eigenvalue weighted by atomic mass is 16.5. The van der Waals surface area contributed by atoms with Gasteiger partial charge in [-0.1, -0.05) is 24.3 Å². The Labute approximate surface area is 135 Å². The van der Waals surface area contributed by atoms with E-state index in [2.05, 4.69) is 5.32 Å². The molecule has 0 bridgehead atoms. The normalized spacial score (nSPS) is 14.0. The van der Waals surface area contributed by atoms with Gasteiger partial charge in [-0.05, 0) is 35.7 Å². The highest BCUT2D eigenvalue weighted by molar-refractivity contribution is 6.02. The summed E-state index contributed by atoms with van der Waals surface area (Å²) in [6.45, 7) is 1.59. The van der Waals surface area contributed by atoms with Gasteiger partial charge >= 0.3 is 0 Å². The maximum atomic E-state index is 12.4. The van der Waals surface area contributed by atoms with Crippen molar-refractivity contribution in [2.45, 2.75) is 12.8 Å². The molecular weight excluding hydrogens is 292 g/mol. The van der Waals surface area contributed by atoms with Crippen LogP contribution in [0.3, 0.4) is 0 Å². The fourth-order valence-corrected chi connectivity index (χ4v) is 2.90. The van der Waals surface area contributed by atoms with E-state index in [0.717, 1.165) is 36.7 Å². The zero-order valence-electron chi connectivity index (χ0n) is 13.2. The number of carbonyl (C=O) groups excluding carboxylic acids is 2. The summed E-state index contributed by atoms with van der Waals surface area (Å²) in [6.07, 6.45) is 2.08. The number of benzene rings is 2. The van der Waals surface area contributed by atoms with Gasteiger partial charge in [0.15, 0.2) is 0 Å². The van der Waals surface area contributed by atoms with Gasteiger partial charge in [-0.25, -0.2) is 0 Å². The van der Waals surface area contributed by atoms with Gasteiger partial charge in [-0.2, -0.15) is 0 Å². The van der Waals surface area contributed by atoms with Gasteiger partial charge in [0.2, 0.25) is 5.91 Å². The van der Waals surface area contributed by atoms with E-state index in [4.69, 9.17) is 4.74 Å². The minimum atomic E-state index is -0.292. The number of rotatable bonds is 4. The number of carbonyl (C=O) groups is 2. The fraction of sp³-hybridized carbons (Fsp3) is 0.333. The molecule has 1 aliphatic heterocycles. The summed E-state index contributed by atoms with van der Waals surface area (Å²) in [5.74, 6) is 0.186. The zero-order valence-corrected chi connectivity index (χ0v) is 13.2. The van der Waals surface area contributed by atoms with Crippen molar-refractivity contribution in [2.75, 3.05) is 26.7 Å². The number of hydrogen-bond donors (Lipinski definition) is 1. The molecule has 0 saturated carbocycles. The van der Waals surface area contributed by atoms with Crippen LogP contribution in [-0.2, 0) is 4.79 Å². The van der Waals surface area contributed by atoms with Gasteiger partial charge in [-0.3, -0.25) is 9.59 Å². The number of fused-ring (bicyclic) bond motifs is 1. The first-order chi connectivity index (χ1) is 11.2. The lowest BCUT2D eigenvalue weighted by Crippen LogP contribution is -2.38. The monoisotopic (exact) mass is 312 g/mol. The van der Waals surface area contributed by atoms with Crippen molar-refractivity contribution in [3.63, 3.8) is 0 Å². The first kappa shape index (κ1) is 15.3. The molecule has 2 aromatic rings. The quantitative estimate of drug-likeness (QED) is 0.941. The molecule has 1 heterocycles. The van der Waals surface area contributed by atoms with Crippen LogP contribution in [0, 0.1) is 0 Å². The van der Waals surface area contributed by atoms with Gasteiger partial charge < -0.3 is 15.0 Å². The van der Waals surface area contributed by atoms with Crippen LogP contribution >= 0.6 is 0 Å². The van der Waals surface area contributed by atoms with E-state index >= 15 is 0 Å².